The third-order valence-electron chi connectivity index (χ3n) is 3.76. The van der Waals surface area contributed by atoms with E-state index in [4.69, 9.17) is 0 Å². The summed E-state index contributed by atoms with van der Waals surface area (Å²) in [5, 5.41) is 0. The fourth-order valence-corrected chi connectivity index (χ4v) is 2.96. The van der Waals surface area contributed by atoms with Crippen molar-refractivity contribution in [2.45, 2.75) is 5.41 Å². The Morgan fingerprint density at radius 1 is 1.00 bits per heavy atom. The van der Waals surface area contributed by atoms with Crippen LogP contribution >= 0.6 is 0 Å². The van der Waals surface area contributed by atoms with E-state index in [0.717, 1.165) is 5.71 Å². The molecule has 1 heterocycles. The SMILES string of the molecule is C1=CC2=NC=CC23C(=C1)C=Cc1ccccc13. The molecule has 17 heavy (non-hydrogen) atoms. The number of fused-ring (bicyclic) bond motifs is 1. The van der Waals surface area contributed by atoms with Gasteiger partial charge in [-0.15, -0.1) is 0 Å². The summed E-state index contributed by atoms with van der Waals surface area (Å²) in [4.78, 5) is 4.51. The maximum absolute atomic E-state index is 4.51. The summed E-state index contributed by atoms with van der Waals surface area (Å²) >= 11 is 0. The Balaban J connectivity index is 2.11. The molecule has 0 saturated carbocycles. The minimum absolute atomic E-state index is 0.125. The van der Waals surface area contributed by atoms with Gasteiger partial charge < -0.3 is 0 Å². The molecule has 1 nitrogen and oxygen atoms in total. The molecule has 0 bridgehead atoms. The third kappa shape index (κ3) is 0.967. The van der Waals surface area contributed by atoms with Gasteiger partial charge in [0.15, 0.2) is 0 Å². The van der Waals surface area contributed by atoms with Crippen molar-refractivity contribution in [3.8, 4) is 0 Å². The van der Waals surface area contributed by atoms with E-state index < -0.39 is 0 Å². The fourth-order valence-electron chi connectivity index (χ4n) is 2.96. The third-order valence-corrected chi connectivity index (χ3v) is 3.76. The molecule has 1 heteroatoms. The van der Waals surface area contributed by atoms with Gasteiger partial charge in [0, 0.05) is 6.20 Å². The van der Waals surface area contributed by atoms with E-state index in [9.17, 15) is 0 Å². The van der Waals surface area contributed by atoms with Crippen molar-refractivity contribution < 1.29 is 0 Å². The van der Waals surface area contributed by atoms with E-state index in [1.165, 1.54) is 16.7 Å². The predicted molar refractivity (Wildman–Crippen MR) is 71.0 cm³/mol. The van der Waals surface area contributed by atoms with Crippen LogP contribution in [0.2, 0.25) is 0 Å². The second kappa shape index (κ2) is 2.95. The minimum atomic E-state index is -0.125. The van der Waals surface area contributed by atoms with Crippen LogP contribution in [0, 0.1) is 0 Å². The number of nitrogens with zero attached hydrogens (tertiary/aromatic N) is 1. The Hall–Kier alpha value is -2.15. The molecule has 1 atom stereocenters. The summed E-state index contributed by atoms with van der Waals surface area (Å²) in [7, 11) is 0. The van der Waals surface area contributed by atoms with Gasteiger partial charge in [-0.05, 0) is 28.9 Å². The smallest absolute Gasteiger partial charge is 0.0828 e. The molecule has 80 valence electrons. The number of benzene rings is 1. The molecule has 1 spiro atoms. The van der Waals surface area contributed by atoms with Gasteiger partial charge in [-0.2, -0.15) is 0 Å². The summed E-state index contributed by atoms with van der Waals surface area (Å²) in [6, 6.07) is 8.56. The molecule has 0 amide bonds. The molecule has 0 saturated heterocycles. The lowest BCUT2D eigenvalue weighted by atomic mass is 9.65. The Morgan fingerprint density at radius 3 is 2.94 bits per heavy atom. The van der Waals surface area contributed by atoms with Gasteiger partial charge in [0.1, 0.15) is 0 Å². The maximum Gasteiger partial charge on any atom is 0.0828 e. The Bertz CT molecular complexity index is 656. The lowest BCUT2D eigenvalue weighted by Gasteiger charge is -2.36. The molecule has 0 fully saturated rings. The molecule has 1 aromatic carbocycles. The predicted octanol–water partition coefficient (Wildman–Crippen LogP) is 3.42. The van der Waals surface area contributed by atoms with Crippen LogP contribution < -0.4 is 0 Å². The normalized spacial score (nSPS) is 27.1. The lowest BCUT2D eigenvalue weighted by Crippen LogP contribution is -2.36. The van der Waals surface area contributed by atoms with Crippen molar-refractivity contribution in [1.29, 1.82) is 0 Å². The second-order valence-corrected chi connectivity index (χ2v) is 4.54. The van der Waals surface area contributed by atoms with Crippen molar-refractivity contribution in [2.24, 2.45) is 4.99 Å². The van der Waals surface area contributed by atoms with Gasteiger partial charge in [0.05, 0.1) is 11.1 Å². The first kappa shape index (κ1) is 8.94. The van der Waals surface area contributed by atoms with Crippen LogP contribution in [0.1, 0.15) is 11.1 Å². The van der Waals surface area contributed by atoms with Crippen molar-refractivity contribution >= 4 is 11.8 Å². The van der Waals surface area contributed by atoms with Gasteiger partial charge >= 0.3 is 0 Å². The summed E-state index contributed by atoms with van der Waals surface area (Å²) in [5.41, 5.74) is 4.95. The van der Waals surface area contributed by atoms with Crippen LogP contribution in [0.5, 0.6) is 0 Å². The number of rotatable bonds is 0. The quantitative estimate of drug-likeness (QED) is 0.631. The molecule has 1 aliphatic heterocycles. The highest BCUT2D eigenvalue weighted by Gasteiger charge is 2.42. The van der Waals surface area contributed by atoms with Crippen LogP contribution in [-0.2, 0) is 5.41 Å². The molecule has 1 unspecified atom stereocenters. The topological polar surface area (TPSA) is 12.4 Å². The average Bonchev–Trinajstić information content (AvgIpc) is 2.81. The molecule has 2 aliphatic carbocycles. The zero-order valence-corrected chi connectivity index (χ0v) is 9.30. The van der Waals surface area contributed by atoms with Crippen LogP contribution in [0.25, 0.3) is 6.08 Å². The molecule has 0 N–H and O–H groups in total. The maximum atomic E-state index is 4.51. The summed E-state index contributed by atoms with van der Waals surface area (Å²) in [6.45, 7) is 0. The standard InChI is InChI=1S/C16H11N/c1-2-6-14-12(4-1)8-9-13-5-3-7-15-16(13,14)10-11-17-15/h1-11H. The zero-order chi connectivity index (χ0) is 11.3. The largest absolute Gasteiger partial charge is 0.260 e. The van der Waals surface area contributed by atoms with Crippen molar-refractivity contribution in [1.82, 2.24) is 0 Å². The van der Waals surface area contributed by atoms with Gasteiger partial charge in [-0.1, -0.05) is 48.6 Å². The fraction of sp³-hybridized carbons (Fsp3) is 0.0625. The van der Waals surface area contributed by atoms with Crippen LogP contribution in [0.15, 0.2) is 71.4 Å². The Labute approximate surface area is 100 Å². The molecule has 3 aliphatic rings. The Morgan fingerprint density at radius 2 is 1.94 bits per heavy atom. The minimum Gasteiger partial charge on any atom is -0.260 e. The molecular formula is C16H11N. The molecular weight excluding hydrogens is 206 g/mol. The highest BCUT2D eigenvalue weighted by Crippen LogP contribution is 2.45. The second-order valence-electron chi connectivity index (χ2n) is 4.54. The first-order valence-electron chi connectivity index (χ1n) is 5.84. The van der Waals surface area contributed by atoms with Crippen molar-refractivity contribution in [2.75, 3.05) is 0 Å². The Kier molecular flexibility index (Phi) is 1.55. The number of allylic oxidation sites excluding steroid dienone is 6. The number of hydrogen-bond donors (Lipinski definition) is 0. The zero-order valence-electron chi connectivity index (χ0n) is 9.30. The van der Waals surface area contributed by atoms with Gasteiger partial charge in [-0.25, -0.2) is 0 Å². The first-order valence-corrected chi connectivity index (χ1v) is 5.84. The van der Waals surface area contributed by atoms with Crippen molar-refractivity contribution in [3.63, 3.8) is 0 Å². The van der Waals surface area contributed by atoms with Crippen LogP contribution in [-0.4, -0.2) is 5.71 Å². The van der Waals surface area contributed by atoms with E-state index >= 15 is 0 Å². The summed E-state index contributed by atoms with van der Waals surface area (Å²) in [6.07, 6.45) is 14.9. The number of aliphatic imine (C=N–C) groups is 1. The molecule has 4 rings (SSSR count). The van der Waals surface area contributed by atoms with Crippen LogP contribution in [0.4, 0.5) is 0 Å². The number of hydrogen-bond acceptors (Lipinski definition) is 1. The summed E-state index contributed by atoms with van der Waals surface area (Å²) < 4.78 is 0. The van der Waals surface area contributed by atoms with Crippen LogP contribution in [0.3, 0.4) is 0 Å². The highest BCUT2D eigenvalue weighted by atomic mass is 14.8. The van der Waals surface area contributed by atoms with E-state index in [1.54, 1.807) is 0 Å². The monoisotopic (exact) mass is 217 g/mol. The molecule has 1 aromatic rings. The van der Waals surface area contributed by atoms with E-state index in [2.05, 4.69) is 65.7 Å². The summed E-state index contributed by atoms with van der Waals surface area (Å²) in [5.74, 6) is 0. The van der Waals surface area contributed by atoms with Gasteiger partial charge in [0.2, 0.25) is 0 Å². The first-order chi connectivity index (χ1) is 8.41. The molecule has 0 aromatic heterocycles. The van der Waals surface area contributed by atoms with E-state index in [1.807, 2.05) is 6.20 Å². The van der Waals surface area contributed by atoms with Gasteiger partial charge in [0.25, 0.3) is 0 Å². The lowest BCUT2D eigenvalue weighted by molar-refractivity contribution is 0.870. The van der Waals surface area contributed by atoms with Gasteiger partial charge in [-0.3, -0.25) is 4.99 Å². The van der Waals surface area contributed by atoms with Crippen molar-refractivity contribution in [3.05, 3.63) is 77.5 Å². The van der Waals surface area contributed by atoms with E-state index in [0.29, 0.717) is 0 Å². The van der Waals surface area contributed by atoms with E-state index in [-0.39, 0.29) is 5.41 Å². The highest BCUT2D eigenvalue weighted by molar-refractivity contribution is 6.12. The molecule has 0 radical (unpaired) electrons. The average molecular weight is 217 g/mol.